The highest BCUT2D eigenvalue weighted by atomic mass is 35.5. The molecule has 3 heterocycles. The predicted molar refractivity (Wildman–Crippen MR) is 132 cm³/mol. The maximum Gasteiger partial charge on any atom is 0.243 e. The van der Waals surface area contributed by atoms with E-state index in [2.05, 4.69) is 9.88 Å². The lowest BCUT2D eigenvalue weighted by Gasteiger charge is -2.37. The smallest absolute Gasteiger partial charge is 0.243 e. The number of sulfonamides is 1. The Hall–Kier alpha value is -1.91. The molecule has 0 bridgehead atoms. The number of thiazole rings is 1. The average Bonchev–Trinajstić information content (AvgIpc) is 3.48. The van der Waals surface area contributed by atoms with Crippen molar-refractivity contribution in [1.29, 1.82) is 0 Å². The molecule has 0 aliphatic carbocycles. The molecule has 3 aromatic rings. The minimum absolute atomic E-state index is 0.128. The van der Waals surface area contributed by atoms with Crippen LogP contribution in [0.5, 0.6) is 0 Å². The number of aromatic nitrogens is 1. The summed E-state index contributed by atoms with van der Waals surface area (Å²) < 4.78 is 28.7. The van der Waals surface area contributed by atoms with Crippen LogP contribution in [-0.2, 0) is 14.8 Å². The molecule has 7 nitrogen and oxygen atoms in total. The van der Waals surface area contributed by atoms with E-state index in [0.29, 0.717) is 55.6 Å². The van der Waals surface area contributed by atoms with Crippen LogP contribution in [-0.4, -0.2) is 67.3 Å². The highest BCUT2D eigenvalue weighted by molar-refractivity contribution is 7.89. The third-order valence-corrected chi connectivity index (χ3v) is 9.69. The van der Waals surface area contributed by atoms with Gasteiger partial charge in [-0.05, 0) is 49.2 Å². The Labute approximate surface area is 206 Å². The Kier molecular flexibility index (Phi) is 6.26. The van der Waals surface area contributed by atoms with Crippen LogP contribution in [0.3, 0.4) is 0 Å². The largest absolute Gasteiger partial charge is 0.345 e. The third kappa shape index (κ3) is 4.33. The van der Waals surface area contributed by atoms with Gasteiger partial charge in [-0.3, -0.25) is 4.79 Å². The number of halogens is 2. The van der Waals surface area contributed by atoms with E-state index in [4.69, 9.17) is 23.2 Å². The molecule has 2 saturated heterocycles. The van der Waals surface area contributed by atoms with Crippen LogP contribution >= 0.6 is 34.5 Å². The number of hydrogen-bond acceptors (Lipinski definition) is 6. The monoisotopic (exact) mass is 524 g/mol. The van der Waals surface area contributed by atoms with Crippen LogP contribution in [0, 0.1) is 0 Å². The second-order valence-electron chi connectivity index (χ2n) is 8.12. The molecule has 1 amide bonds. The highest BCUT2D eigenvalue weighted by Crippen LogP contribution is 2.33. The van der Waals surface area contributed by atoms with Gasteiger partial charge in [-0.1, -0.05) is 40.6 Å². The molecule has 0 saturated carbocycles. The molecule has 0 radical (unpaired) electrons. The second-order valence-corrected chi connectivity index (χ2v) is 11.9. The quantitative estimate of drug-likeness (QED) is 0.513. The Morgan fingerprint density at radius 2 is 1.73 bits per heavy atom. The maximum atomic E-state index is 13.3. The van der Waals surface area contributed by atoms with Gasteiger partial charge in [0.2, 0.25) is 15.9 Å². The number of hydrogen-bond donors (Lipinski definition) is 0. The van der Waals surface area contributed by atoms with Gasteiger partial charge in [0.15, 0.2) is 5.13 Å². The molecule has 2 aliphatic rings. The van der Waals surface area contributed by atoms with Crippen molar-refractivity contribution in [2.24, 2.45) is 0 Å². The highest BCUT2D eigenvalue weighted by Gasteiger charge is 2.41. The Morgan fingerprint density at radius 1 is 1.00 bits per heavy atom. The fourth-order valence-corrected chi connectivity index (χ4v) is 7.48. The first kappa shape index (κ1) is 22.9. The molecule has 0 spiro atoms. The van der Waals surface area contributed by atoms with E-state index in [9.17, 15) is 13.2 Å². The number of benzene rings is 2. The van der Waals surface area contributed by atoms with Crippen molar-refractivity contribution < 1.29 is 13.2 Å². The average molecular weight is 525 g/mol. The first-order chi connectivity index (χ1) is 15.8. The standard InChI is InChI=1S/C22H22Cl2N4O3S2/c23-15-6-8-16(9-7-15)33(30,31)28-10-2-4-18(28)21(29)26-11-13-27(14-12-26)22-25-20-17(24)3-1-5-19(20)32-22/h1,3,5-9,18H,2,4,10-14H2. The molecule has 1 atom stereocenters. The van der Waals surface area contributed by atoms with Crippen molar-refractivity contribution in [3.8, 4) is 0 Å². The van der Waals surface area contributed by atoms with Crippen LogP contribution < -0.4 is 4.90 Å². The van der Waals surface area contributed by atoms with Gasteiger partial charge in [-0.25, -0.2) is 13.4 Å². The fourth-order valence-electron chi connectivity index (χ4n) is 4.38. The van der Waals surface area contributed by atoms with Gasteiger partial charge in [-0.15, -0.1) is 0 Å². The fraction of sp³-hybridized carbons (Fsp3) is 0.364. The van der Waals surface area contributed by atoms with Gasteiger partial charge < -0.3 is 9.80 Å². The molecule has 0 N–H and O–H groups in total. The molecule has 1 unspecified atom stereocenters. The molecule has 2 aliphatic heterocycles. The summed E-state index contributed by atoms with van der Waals surface area (Å²) in [6.07, 6.45) is 1.19. The van der Waals surface area contributed by atoms with Gasteiger partial charge in [-0.2, -0.15) is 4.31 Å². The van der Waals surface area contributed by atoms with Gasteiger partial charge in [0, 0.05) is 37.7 Å². The van der Waals surface area contributed by atoms with Crippen molar-refractivity contribution in [3.05, 3.63) is 52.5 Å². The van der Waals surface area contributed by atoms with Crippen LogP contribution in [0.15, 0.2) is 47.4 Å². The number of rotatable bonds is 4. The molecule has 33 heavy (non-hydrogen) atoms. The lowest BCUT2D eigenvalue weighted by molar-refractivity contribution is -0.134. The summed E-state index contributed by atoms with van der Waals surface area (Å²) in [5.41, 5.74) is 0.798. The number of amides is 1. The van der Waals surface area contributed by atoms with Gasteiger partial charge in [0.1, 0.15) is 11.6 Å². The minimum Gasteiger partial charge on any atom is -0.345 e. The molecular weight excluding hydrogens is 503 g/mol. The molecule has 2 aromatic carbocycles. The van der Waals surface area contributed by atoms with E-state index < -0.39 is 16.1 Å². The van der Waals surface area contributed by atoms with Crippen molar-refractivity contribution in [3.63, 3.8) is 0 Å². The Bertz CT molecular complexity index is 1290. The Morgan fingerprint density at radius 3 is 2.42 bits per heavy atom. The van der Waals surface area contributed by atoms with Crippen molar-refractivity contribution in [1.82, 2.24) is 14.2 Å². The minimum atomic E-state index is -3.77. The number of carbonyl (C=O) groups excluding carboxylic acids is 1. The molecule has 174 valence electrons. The summed E-state index contributed by atoms with van der Waals surface area (Å²) in [7, 11) is -3.77. The summed E-state index contributed by atoms with van der Waals surface area (Å²) in [6.45, 7) is 2.66. The topological polar surface area (TPSA) is 73.8 Å². The molecule has 5 rings (SSSR count). The van der Waals surface area contributed by atoms with Crippen LogP contribution in [0.2, 0.25) is 10.0 Å². The zero-order valence-corrected chi connectivity index (χ0v) is 20.8. The summed E-state index contributed by atoms with van der Waals surface area (Å²) in [5, 5.41) is 1.99. The first-order valence-electron chi connectivity index (χ1n) is 10.7. The maximum absolute atomic E-state index is 13.3. The van der Waals surface area contributed by atoms with Crippen LogP contribution in [0.4, 0.5) is 5.13 Å². The summed E-state index contributed by atoms with van der Waals surface area (Å²) in [4.78, 5) is 22.1. The number of carbonyl (C=O) groups is 1. The van der Waals surface area contributed by atoms with Gasteiger partial charge in [0.05, 0.1) is 14.6 Å². The molecule has 1 aromatic heterocycles. The Balaban J connectivity index is 1.28. The van der Waals surface area contributed by atoms with E-state index in [1.807, 2.05) is 18.2 Å². The SMILES string of the molecule is O=C(C1CCCN1S(=O)(=O)c1ccc(Cl)cc1)N1CCN(c2nc3c(Cl)cccc3s2)CC1. The van der Waals surface area contributed by atoms with Crippen molar-refractivity contribution in [2.75, 3.05) is 37.6 Å². The molecule has 2 fully saturated rings. The van der Waals surface area contributed by atoms with Crippen LogP contribution in [0.1, 0.15) is 12.8 Å². The van der Waals surface area contributed by atoms with E-state index in [1.165, 1.54) is 16.4 Å². The number of para-hydroxylation sites is 1. The number of anilines is 1. The van der Waals surface area contributed by atoms with Crippen LogP contribution in [0.25, 0.3) is 10.2 Å². The number of fused-ring (bicyclic) bond motifs is 1. The zero-order chi connectivity index (χ0) is 23.2. The summed E-state index contributed by atoms with van der Waals surface area (Å²) >= 11 is 13.8. The van der Waals surface area contributed by atoms with E-state index in [-0.39, 0.29) is 10.8 Å². The normalized spacial score (nSPS) is 20.0. The third-order valence-electron chi connectivity index (χ3n) is 6.13. The van der Waals surface area contributed by atoms with Crippen molar-refractivity contribution in [2.45, 2.75) is 23.8 Å². The van der Waals surface area contributed by atoms with E-state index in [0.717, 1.165) is 15.3 Å². The second kappa shape index (κ2) is 9.03. The van der Waals surface area contributed by atoms with Crippen molar-refractivity contribution >= 4 is 65.8 Å². The molecular formula is C22H22Cl2N4O3S2. The van der Waals surface area contributed by atoms with E-state index >= 15 is 0 Å². The van der Waals surface area contributed by atoms with Gasteiger partial charge in [0.25, 0.3) is 0 Å². The number of nitrogens with zero attached hydrogens (tertiary/aromatic N) is 4. The van der Waals surface area contributed by atoms with Gasteiger partial charge >= 0.3 is 0 Å². The number of piperazine rings is 1. The summed E-state index contributed by atoms with van der Waals surface area (Å²) in [5.74, 6) is -0.128. The zero-order valence-electron chi connectivity index (χ0n) is 17.7. The lowest BCUT2D eigenvalue weighted by Crippen LogP contribution is -2.54. The summed E-state index contributed by atoms with van der Waals surface area (Å²) in [6, 6.07) is 11.1. The predicted octanol–water partition coefficient (Wildman–Crippen LogP) is 4.11. The first-order valence-corrected chi connectivity index (χ1v) is 13.7. The lowest BCUT2D eigenvalue weighted by atomic mass is 10.2. The molecule has 11 heteroatoms. The van der Waals surface area contributed by atoms with E-state index in [1.54, 1.807) is 28.4 Å².